The Morgan fingerprint density at radius 2 is 1.33 bits per heavy atom. The predicted octanol–water partition coefficient (Wildman–Crippen LogP) is 10.5. The Hall–Kier alpha value is -3.90. The van der Waals surface area contributed by atoms with Gasteiger partial charge in [0, 0.05) is 0 Å². The lowest BCUT2D eigenvalue weighted by atomic mass is 9.89. The third-order valence-electron chi connectivity index (χ3n) is 7.10. The molecule has 0 heterocycles. The maximum absolute atomic E-state index is 4.41. The molecule has 0 unspecified atom stereocenters. The molecule has 1 aliphatic rings. The summed E-state index contributed by atoms with van der Waals surface area (Å²) in [6, 6.07) is 28.4. The molecule has 3 aromatic carbocycles. The summed E-state index contributed by atoms with van der Waals surface area (Å²) in [5, 5.41) is 0. The SMILES string of the molecule is C=C(/C(C)=C/C)/C(C)=C(\C=C(/C)c1ccc(C2=CCCC=C2)cc1)c1ccc(-c2ccccc2)cc1. The quantitative estimate of drug-likeness (QED) is 0.302. The average molecular weight is 469 g/mol. The first kappa shape index (κ1) is 25.2. The normalized spacial score (nSPS) is 14.8. The molecule has 180 valence electrons. The summed E-state index contributed by atoms with van der Waals surface area (Å²) in [6.07, 6.45) is 13.5. The van der Waals surface area contributed by atoms with E-state index in [-0.39, 0.29) is 0 Å². The highest BCUT2D eigenvalue weighted by Gasteiger charge is 2.10. The van der Waals surface area contributed by atoms with Crippen molar-refractivity contribution in [3.8, 4) is 11.1 Å². The number of rotatable bonds is 7. The van der Waals surface area contributed by atoms with Crippen LogP contribution >= 0.6 is 0 Å². The van der Waals surface area contributed by atoms with Crippen molar-refractivity contribution >= 4 is 16.7 Å². The van der Waals surface area contributed by atoms with E-state index >= 15 is 0 Å². The Bertz CT molecular complexity index is 1370. The van der Waals surface area contributed by atoms with Gasteiger partial charge in [0.25, 0.3) is 0 Å². The van der Waals surface area contributed by atoms with Crippen LogP contribution in [0.5, 0.6) is 0 Å². The van der Waals surface area contributed by atoms with Crippen LogP contribution in [-0.4, -0.2) is 0 Å². The van der Waals surface area contributed by atoms with Crippen molar-refractivity contribution in [2.45, 2.75) is 40.5 Å². The van der Waals surface area contributed by atoms with Gasteiger partial charge >= 0.3 is 0 Å². The van der Waals surface area contributed by atoms with Crippen molar-refractivity contribution in [1.29, 1.82) is 0 Å². The first-order valence-corrected chi connectivity index (χ1v) is 12.8. The van der Waals surface area contributed by atoms with E-state index in [1.165, 1.54) is 55.7 Å². The zero-order valence-corrected chi connectivity index (χ0v) is 22.0. The van der Waals surface area contributed by atoms with E-state index in [9.17, 15) is 0 Å². The minimum Gasteiger partial charge on any atom is -0.0912 e. The molecule has 0 N–H and O–H groups in total. The third-order valence-corrected chi connectivity index (χ3v) is 7.10. The molecule has 0 aromatic heterocycles. The number of benzene rings is 3. The summed E-state index contributed by atoms with van der Waals surface area (Å²) in [5.41, 5.74) is 13.4. The molecule has 0 amide bonds. The maximum Gasteiger partial charge on any atom is -0.0146 e. The van der Waals surface area contributed by atoms with E-state index in [1.54, 1.807) is 0 Å². The molecule has 0 saturated heterocycles. The Kier molecular flexibility index (Phi) is 8.18. The predicted molar refractivity (Wildman–Crippen MR) is 159 cm³/mol. The highest BCUT2D eigenvalue weighted by Crippen LogP contribution is 2.32. The van der Waals surface area contributed by atoms with Gasteiger partial charge in [-0.15, -0.1) is 0 Å². The Morgan fingerprint density at radius 3 is 1.94 bits per heavy atom. The first-order valence-electron chi connectivity index (χ1n) is 12.8. The Labute approximate surface area is 217 Å². The minimum absolute atomic E-state index is 1.08. The van der Waals surface area contributed by atoms with Gasteiger partial charge in [-0.1, -0.05) is 116 Å². The molecule has 0 atom stereocenters. The van der Waals surface area contributed by atoms with Gasteiger partial charge in [0.15, 0.2) is 0 Å². The van der Waals surface area contributed by atoms with Crippen LogP contribution in [0.2, 0.25) is 0 Å². The molecule has 0 spiro atoms. The van der Waals surface area contributed by atoms with Crippen molar-refractivity contribution < 1.29 is 0 Å². The second kappa shape index (κ2) is 11.7. The lowest BCUT2D eigenvalue weighted by Gasteiger charge is -2.15. The molecule has 0 aliphatic heterocycles. The molecule has 3 aromatic rings. The Balaban J connectivity index is 1.71. The monoisotopic (exact) mass is 468 g/mol. The lowest BCUT2D eigenvalue weighted by molar-refractivity contribution is 1.04. The third kappa shape index (κ3) is 5.83. The second-order valence-corrected chi connectivity index (χ2v) is 9.48. The van der Waals surface area contributed by atoms with Gasteiger partial charge < -0.3 is 0 Å². The maximum atomic E-state index is 4.41. The molecule has 0 bridgehead atoms. The summed E-state index contributed by atoms with van der Waals surface area (Å²) in [6.45, 7) is 13.0. The lowest BCUT2D eigenvalue weighted by Crippen LogP contribution is -1.94. The molecule has 0 fully saturated rings. The van der Waals surface area contributed by atoms with Crippen LogP contribution in [0.4, 0.5) is 0 Å². The van der Waals surface area contributed by atoms with Crippen LogP contribution in [0, 0.1) is 0 Å². The van der Waals surface area contributed by atoms with Gasteiger partial charge in [-0.25, -0.2) is 0 Å². The van der Waals surface area contributed by atoms with Gasteiger partial charge in [-0.05, 0) is 102 Å². The fourth-order valence-electron chi connectivity index (χ4n) is 4.57. The smallest absolute Gasteiger partial charge is 0.0146 e. The van der Waals surface area contributed by atoms with Gasteiger partial charge in [0.1, 0.15) is 0 Å². The summed E-state index contributed by atoms with van der Waals surface area (Å²) in [5.74, 6) is 0. The molecule has 0 nitrogen and oxygen atoms in total. The molecule has 36 heavy (non-hydrogen) atoms. The number of hydrogen-bond donors (Lipinski definition) is 0. The zero-order valence-electron chi connectivity index (χ0n) is 22.0. The molecule has 4 rings (SSSR count). The molecule has 0 saturated carbocycles. The van der Waals surface area contributed by atoms with E-state index in [4.69, 9.17) is 0 Å². The van der Waals surface area contributed by atoms with Crippen LogP contribution in [0.3, 0.4) is 0 Å². The van der Waals surface area contributed by atoms with E-state index in [1.807, 2.05) is 0 Å². The van der Waals surface area contributed by atoms with Gasteiger partial charge in [-0.3, -0.25) is 0 Å². The van der Waals surface area contributed by atoms with Crippen molar-refractivity contribution in [2.24, 2.45) is 0 Å². The second-order valence-electron chi connectivity index (χ2n) is 9.48. The standard InChI is InChI=1S/C36H36/c1-6-26(2)28(4)29(5)36(35-23-21-34(22-24-35)32-15-11-8-12-16-32)25-27(3)30-17-19-33(20-18-30)31-13-9-7-10-14-31/h6,8-9,11-25H,4,7,10H2,1-3,5H3/b26-6+,27-25+,36-29+. The zero-order chi connectivity index (χ0) is 25.5. The fourth-order valence-corrected chi connectivity index (χ4v) is 4.57. The van der Waals surface area contributed by atoms with Crippen LogP contribution in [0.15, 0.2) is 133 Å². The van der Waals surface area contributed by atoms with Crippen molar-refractivity contribution in [3.05, 3.63) is 149 Å². The average Bonchev–Trinajstić information content (AvgIpc) is 2.95. The van der Waals surface area contributed by atoms with E-state index in [2.05, 4.69) is 144 Å². The minimum atomic E-state index is 1.08. The van der Waals surface area contributed by atoms with E-state index < -0.39 is 0 Å². The van der Waals surface area contributed by atoms with E-state index in [0.29, 0.717) is 0 Å². The van der Waals surface area contributed by atoms with Crippen molar-refractivity contribution in [1.82, 2.24) is 0 Å². The topological polar surface area (TPSA) is 0 Å². The molecule has 0 radical (unpaired) electrons. The summed E-state index contributed by atoms with van der Waals surface area (Å²) in [4.78, 5) is 0. The van der Waals surface area contributed by atoms with Crippen LogP contribution < -0.4 is 0 Å². The van der Waals surface area contributed by atoms with Crippen molar-refractivity contribution in [2.75, 3.05) is 0 Å². The number of hydrogen-bond acceptors (Lipinski definition) is 0. The highest BCUT2D eigenvalue weighted by molar-refractivity contribution is 5.88. The van der Waals surface area contributed by atoms with Gasteiger partial charge in [0.2, 0.25) is 0 Å². The molecule has 0 heteroatoms. The van der Waals surface area contributed by atoms with Gasteiger partial charge in [-0.2, -0.15) is 0 Å². The summed E-state index contributed by atoms with van der Waals surface area (Å²) >= 11 is 0. The molecular weight excluding hydrogens is 432 g/mol. The number of allylic oxidation sites excluding steroid dienone is 11. The largest absolute Gasteiger partial charge is 0.0912 e. The summed E-state index contributed by atoms with van der Waals surface area (Å²) in [7, 11) is 0. The van der Waals surface area contributed by atoms with Crippen LogP contribution in [-0.2, 0) is 0 Å². The van der Waals surface area contributed by atoms with Crippen LogP contribution in [0.25, 0.3) is 27.8 Å². The summed E-state index contributed by atoms with van der Waals surface area (Å²) < 4.78 is 0. The highest BCUT2D eigenvalue weighted by atomic mass is 14.2. The molecule has 1 aliphatic carbocycles. The fraction of sp³-hybridized carbons (Fsp3) is 0.167. The van der Waals surface area contributed by atoms with Gasteiger partial charge in [0.05, 0.1) is 0 Å². The Morgan fingerprint density at radius 1 is 0.722 bits per heavy atom. The first-order chi connectivity index (χ1) is 17.5. The molecular formula is C36H36. The van der Waals surface area contributed by atoms with Crippen molar-refractivity contribution in [3.63, 3.8) is 0 Å². The van der Waals surface area contributed by atoms with Crippen LogP contribution in [0.1, 0.15) is 57.2 Å². The van der Waals surface area contributed by atoms with E-state index in [0.717, 1.165) is 18.4 Å².